The maximum absolute atomic E-state index is 5.27. The van der Waals surface area contributed by atoms with Crippen molar-refractivity contribution >= 4 is 0 Å². The largest absolute Gasteiger partial charge is 0.469 e. The number of nitrogens with zero attached hydrogens (tertiary/aromatic N) is 1. The fraction of sp³-hybridized carbons (Fsp3) is 0.364. The molecule has 2 aromatic heterocycles. The highest BCUT2D eigenvalue weighted by molar-refractivity contribution is 5.00. The molecular weight excluding hydrogens is 192 g/mol. The fourth-order valence-corrected chi connectivity index (χ4v) is 1.41. The van der Waals surface area contributed by atoms with Crippen molar-refractivity contribution in [1.82, 2.24) is 10.5 Å². The number of rotatable bonds is 5. The second kappa shape index (κ2) is 4.79. The van der Waals surface area contributed by atoms with Crippen LogP contribution < -0.4 is 5.32 Å². The van der Waals surface area contributed by atoms with Crippen LogP contribution in [0.15, 0.2) is 39.7 Å². The highest BCUT2D eigenvalue weighted by Crippen LogP contribution is 2.04. The molecule has 0 spiro atoms. The van der Waals surface area contributed by atoms with Crippen LogP contribution in [0, 0.1) is 0 Å². The van der Waals surface area contributed by atoms with E-state index in [-0.39, 0.29) is 0 Å². The molecule has 15 heavy (non-hydrogen) atoms. The molecule has 2 heterocycles. The van der Waals surface area contributed by atoms with Crippen LogP contribution >= 0.6 is 0 Å². The van der Waals surface area contributed by atoms with Gasteiger partial charge in [0, 0.05) is 25.1 Å². The molecular formula is C11H14N2O2. The molecule has 1 N–H and O–H groups in total. The van der Waals surface area contributed by atoms with Gasteiger partial charge in [0.15, 0.2) is 0 Å². The van der Waals surface area contributed by atoms with E-state index in [1.165, 1.54) is 0 Å². The summed E-state index contributed by atoms with van der Waals surface area (Å²) in [6.07, 6.45) is 4.15. The Morgan fingerprint density at radius 2 is 2.33 bits per heavy atom. The Morgan fingerprint density at radius 3 is 3.00 bits per heavy atom. The maximum Gasteiger partial charge on any atom is 0.124 e. The number of furan rings is 1. The second-order valence-electron chi connectivity index (χ2n) is 3.56. The van der Waals surface area contributed by atoms with Crippen molar-refractivity contribution in [1.29, 1.82) is 0 Å². The molecule has 0 aliphatic heterocycles. The first kappa shape index (κ1) is 9.98. The first-order valence-electron chi connectivity index (χ1n) is 4.99. The number of nitrogens with one attached hydrogen (secondary N) is 1. The molecule has 4 nitrogen and oxygen atoms in total. The van der Waals surface area contributed by atoms with Crippen molar-refractivity contribution in [2.45, 2.75) is 25.9 Å². The van der Waals surface area contributed by atoms with Crippen molar-refractivity contribution in [3.63, 3.8) is 0 Å². The second-order valence-corrected chi connectivity index (χ2v) is 3.56. The van der Waals surface area contributed by atoms with Crippen LogP contribution in [0.25, 0.3) is 0 Å². The Kier molecular flexibility index (Phi) is 3.19. The normalized spacial score (nSPS) is 12.9. The molecule has 2 rings (SSSR count). The van der Waals surface area contributed by atoms with E-state index in [9.17, 15) is 0 Å². The van der Waals surface area contributed by atoms with Crippen LogP contribution in [-0.2, 0) is 13.0 Å². The average Bonchev–Trinajstić information content (AvgIpc) is 2.86. The molecule has 1 atom stereocenters. The van der Waals surface area contributed by atoms with E-state index < -0.39 is 0 Å². The Balaban J connectivity index is 1.76. The SMILES string of the molecule is CC(Cc1ccco1)NCc1ccon1. The minimum absolute atomic E-state index is 0.354. The summed E-state index contributed by atoms with van der Waals surface area (Å²) in [5.41, 5.74) is 0.918. The summed E-state index contributed by atoms with van der Waals surface area (Å²) in [7, 11) is 0. The van der Waals surface area contributed by atoms with E-state index in [1.807, 2.05) is 18.2 Å². The summed E-state index contributed by atoms with van der Waals surface area (Å²) in [6.45, 7) is 2.83. The lowest BCUT2D eigenvalue weighted by atomic mass is 10.2. The van der Waals surface area contributed by atoms with E-state index in [0.29, 0.717) is 6.04 Å². The lowest BCUT2D eigenvalue weighted by Crippen LogP contribution is -2.27. The smallest absolute Gasteiger partial charge is 0.124 e. The van der Waals surface area contributed by atoms with Crippen LogP contribution in [0.3, 0.4) is 0 Å². The van der Waals surface area contributed by atoms with E-state index in [4.69, 9.17) is 8.94 Å². The molecule has 0 fully saturated rings. The van der Waals surface area contributed by atoms with Crippen molar-refractivity contribution in [2.75, 3.05) is 0 Å². The number of aromatic nitrogens is 1. The first-order chi connectivity index (χ1) is 7.34. The monoisotopic (exact) mass is 206 g/mol. The van der Waals surface area contributed by atoms with Gasteiger partial charge in [-0.2, -0.15) is 0 Å². The van der Waals surface area contributed by atoms with E-state index in [0.717, 1.165) is 24.4 Å². The Hall–Kier alpha value is -1.55. The molecule has 0 aliphatic rings. The van der Waals surface area contributed by atoms with Gasteiger partial charge in [-0.1, -0.05) is 5.16 Å². The molecule has 1 unspecified atom stereocenters. The molecule has 0 radical (unpaired) electrons. The van der Waals surface area contributed by atoms with Crippen LogP contribution in [0.1, 0.15) is 18.4 Å². The van der Waals surface area contributed by atoms with Crippen LogP contribution in [-0.4, -0.2) is 11.2 Å². The van der Waals surface area contributed by atoms with Crippen LogP contribution in [0.2, 0.25) is 0 Å². The van der Waals surface area contributed by atoms with Gasteiger partial charge in [-0.3, -0.25) is 0 Å². The Labute approximate surface area is 88.3 Å². The molecule has 2 aromatic rings. The third-order valence-corrected chi connectivity index (χ3v) is 2.21. The predicted octanol–water partition coefficient (Wildman–Crippen LogP) is 1.99. The first-order valence-corrected chi connectivity index (χ1v) is 4.99. The third kappa shape index (κ3) is 2.95. The van der Waals surface area contributed by atoms with Crippen molar-refractivity contribution in [2.24, 2.45) is 0 Å². The Morgan fingerprint density at radius 1 is 1.40 bits per heavy atom. The summed E-state index contributed by atoms with van der Waals surface area (Å²) in [5, 5.41) is 7.17. The predicted molar refractivity (Wildman–Crippen MR) is 55.2 cm³/mol. The highest BCUT2D eigenvalue weighted by atomic mass is 16.5. The van der Waals surface area contributed by atoms with E-state index >= 15 is 0 Å². The summed E-state index contributed by atoms with van der Waals surface area (Å²) < 4.78 is 10.0. The summed E-state index contributed by atoms with van der Waals surface area (Å²) in [4.78, 5) is 0. The number of hydrogen-bond acceptors (Lipinski definition) is 4. The molecule has 4 heteroatoms. The molecule has 0 aromatic carbocycles. The molecule has 0 amide bonds. The quantitative estimate of drug-likeness (QED) is 0.812. The molecule has 80 valence electrons. The van der Waals surface area contributed by atoms with Crippen molar-refractivity contribution < 1.29 is 8.94 Å². The summed E-state index contributed by atoms with van der Waals surface area (Å²) in [5.74, 6) is 0.996. The zero-order valence-corrected chi connectivity index (χ0v) is 8.64. The standard InChI is InChI=1S/C11H14N2O2/c1-9(7-11-3-2-5-14-11)12-8-10-4-6-15-13-10/h2-6,9,12H,7-8H2,1H3. The molecule has 0 saturated heterocycles. The minimum Gasteiger partial charge on any atom is -0.469 e. The third-order valence-electron chi connectivity index (χ3n) is 2.21. The highest BCUT2D eigenvalue weighted by Gasteiger charge is 2.05. The number of hydrogen-bond donors (Lipinski definition) is 1. The lowest BCUT2D eigenvalue weighted by molar-refractivity contribution is 0.402. The van der Waals surface area contributed by atoms with Crippen molar-refractivity contribution in [3.8, 4) is 0 Å². The molecule has 0 bridgehead atoms. The van der Waals surface area contributed by atoms with Gasteiger partial charge in [0.05, 0.1) is 12.0 Å². The van der Waals surface area contributed by atoms with Gasteiger partial charge in [0.1, 0.15) is 12.0 Å². The zero-order chi connectivity index (χ0) is 10.5. The summed E-state index contributed by atoms with van der Waals surface area (Å²) in [6, 6.07) is 6.09. The van der Waals surface area contributed by atoms with Gasteiger partial charge in [-0.05, 0) is 19.1 Å². The van der Waals surface area contributed by atoms with Gasteiger partial charge >= 0.3 is 0 Å². The van der Waals surface area contributed by atoms with Gasteiger partial charge in [0.2, 0.25) is 0 Å². The average molecular weight is 206 g/mol. The zero-order valence-electron chi connectivity index (χ0n) is 8.64. The Bertz CT molecular complexity index is 367. The topological polar surface area (TPSA) is 51.2 Å². The van der Waals surface area contributed by atoms with Gasteiger partial charge in [0.25, 0.3) is 0 Å². The van der Waals surface area contributed by atoms with E-state index in [1.54, 1.807) is 12.5 Å². The lowest BCUT2D eigenvalue weighted by Gasteiger charge is -2.10. The molecule has 0 saturated carbocycles. The van der Waals surface area contributed by atoms with Gasteiger partial charge < -0.3 is 14.3 Å². The van der Waals surface area contributed by atoms with Gasteiger partial charge in [-0.25, -0.2) is 0 Å². The van der Waals surface area contributed by atoms with Gasteiger partial charge in [-0.15, -0.1) is 0 Å². The maximum atomic E-state index is 5.27. The van der Waals surface area contributed by atoms with Crippen molar-refractivity contribution in [3.05, 3.63) is 42.2 Å². The van der Waals surface area contributed by atoms with E-state index in [2.05, 4.69) is 17.4 Å². The fourth-order valence-electron chi connectivity index (χ4n) is 1.41. The van der Waals surface area contributed by atoms with Crippen LogP contribution in [0.4, 0.5) is 0 Å². The minimum atomic E-state index is 0.354. The summed E-state index contributed by atoms with van der Waals surface area (Å²) >= 11 is 0. The molecule has 0 aliphatic carbocycles. The van der Waals surface area contributed by atoms with Crippen LogP contribution in [0.5, 0.6) is 0 Å².